The molecule has 4 rings (SSSR count). The van der Waals surface area contributed by atoms with Gasteiger partial charge in [-0.15, -0.1) is 0 Å². The summed E-state index contributed by atoms with van der Waals surface area (Å²) in [4.78, 5) is 22.2. The Morgan fingerprint density at radius 3 is 2.70 bits per heavy atom. The highest BCUT2D eigenvalue weighted by atomic mass is 35.5. The van der Waals surface area contributed by atoms with Crippen LogP contribution in [0.5, 0.6) is 0 Å². The Kier molecular flexibility index (Phi) is 6.09. The maximum atomic E-state index is 15.9. The zero-order valence-corrected chi connectivity index (χ0v) is 19.8. The topological polar surface area (TPSA) is 67.3 Å². The molecule has 1 atom stereocenters. The predicted molar refractivity (Wildman–Crippen MR) is 124 cm³/mol. The third-order valence-corrected chi connectivity index (χ3v) is 6.09. The van der Waals surface area contributed by atoms with Gasteiger partial charge in [-0.25, -0.2) is 23.5 Å². The number of alkyl halides is 1. The second-order valence-electron chi connectivity index (χ2n) is 8.92. The number of halogens is 4. The average molecular weight is 495 g/mol. The normalized spacial score (nSPS) is 18.6. The summed E-state index contributed by atoms with van der Waals surface area (Å²) < 4.78 is 35.8. The monoisotopic (exact) mass is 494 g/mol. The van der Waals surface area contributed by atoms with Gasteiger partial charge in [0.15, 0.2) is 11.5 Å². The van der Waals surface area contributed by atoms with E-state index in [0.29, 0.717) is 16.5 Å². The number of aromatic nitrogens is 2. The summed E-state index contributed by atoms with van der Waals surface area (Å²) in [7, 11) is 0. The zero-order valence-electron chi connectivity index (χ0n) is 18.3. The van der Waals surface area contributed by atoms with Crippen LogP contribution in [-0.4, -0.2) is 39.7 Å². The Hall–Kier alpha value is -2.71. The summed E-state index contributed by atoms with van der Waals surface area (Å²) in [5, 5.41) is 3.26. The van der Waals surface area contributed by atoms with Crippen LogP contribution in [-0.2, 0) is 10.4 Å². The van der Waals surface area contributed by atoms with Crippen molar-refractivity contribution in [2.24, 2.45) is 0 Å². The smallest absolute Gasteiger partial charge is 0.410 e. The highest BCUT2D eigenvalue weighted by molar-refractivity contribution is 6.42. The van der Waals surface area contributed by atoms with E-state index in [1.807, 2.05) is 0 Å². The van der Waals surface area contributed by atoms with Crippen molar-refractivity contribution in [3.8, 4) is 0 Å². The minimum Gasteiger partial charge on any atom is -0.444 e. The lowest BCUT2D eigenvalue weighted by Gasteiger charge is -2.25. The molecule has 2 aromatic carbocycles. The number of hydrogen-bond donors (Lipinski definition) is 1. The van der Waals surface area contributed by atoms with Crippen molar-refractivity contribution in [3.63, 3.8) is 0 Å². The molecule has 1 fully saturated rings. The summed E-state index contributed by atoms with van der Waals surface area (Å²) in [6.45, 7) is 5.38. The molecule has 6 nitrogen and oxygen atoms in total. The van der Waals surface area contributed by atoms with Crippen LogP contribution in [0, 0.1) is 5.82 Å². The maximum absolute atomic E-state index is 15.9. The largest absolute Gasteiger partial charge is 0.444 e. The first kappa shape index (κ1) is 23.4. The van der Waals surface area contributed by atoms with Crippen LogP contribution in [0.3, 0.4) is 0 Å². The Morgan fingerprint density at radius 2 is 1.97 bits per heavy atom. The van der Waals surface area contributed by atoms with Gasteiger partial charge in [0.05, 0.1) is 27.8 Å². The molecular weight excluding hydrogens is 473 g/mol. The van der Waals surface area contributed by atoms with E-state index in [9.17, 15) is 9.18 Å². The summed E-state index contributed by atoms with van der Waals surface area (Å²) in [5.74, 6) is -0.442. The van der Waals surface area contributed by atoms with Gasteiger partial charge in [0.1, 0.15) is 17.7 Å². The Labute approximate surface area is 199 Å². The second-order valence-corrected chi connectivity index (χ2v) is 9.70. The van der Waals surface area contributed by atoms with Crippen molar-refractivity contribution in [1.82, 2.24) is 14.9 Å². The maximum Gasteiger partial charge on any atom is 0.410 e. The number of nitrogens with one attached hydrogen (secondary N) is 1. The molecule has 0 aliphatic carbocycles. The van der Waals surface area contributed by atoms with Gasteiger partial charge in [-0.3, -0.25) is 0 Å². The molecular formula is C23H22Cl2F2N4O2. The van der Waals surface area contributed by atoms with Crippen LogP contribution in [0.25, 0.3) is 10.9 Å². The standard InChI is InChI=1S/C23H22Cl2F2N4O2/c1-22(2,3)33-21(32)31-9-8-23(27,11-31)13-4-6-16-14(10-13)20(29-12-28-16)30-17-7-5-15(24)18(25)19(17)26/h4-7,10,12H,8-9,11H2,1-3H3,(H,28,29,30)/t23-/m1/s1. The number of rotatable bonds is 3. The van der Waals surface area contributed by atoms with Gasteiger partial charge in [0.25, 0.3) is 0 Å². The minimum absolute atomic E-state index is 0.0710. The van der Waals surface area contributed by atoms with E-state index in [-0.39, 0.29) is 41.1 Å². The highest BCUT2D eigenvalue weighted by Gasteiger charge is 2.43. The number of carbonyl (C=O) groups excluding carboxylic acids is 1. The van der Waals surface area contributed by atoms with Crippen molar-refractivity contribution in [3.05, 3.63) is 58.1 Å². The van der Waals surface area contributed by atoms with Crippen molar-refractivity contribution in [1.29, 1.82) is 0 Å². The SMILES string of the molecule is CC(C)(C)OC(=O)N1CC[C@](F)(c2ccc3ncnc(Nc4ccc(Cl)c(Cl)c4F)c3c2)C1. The number of ether oxygens (including phenoxy) is 1. The van der Waals surface area contributed by atoms with E-state index in [0.717, 1.165) is 0 Å². The van der Waals surface area contributed by atoms with E-state index in [2.05, 4.69) is 15.3 Å². The van der Waals surface area contributed by atoms with Crippen LogP contribution >= 0.6 is 23.2 Å². The molecule has 0 bridgehead atoms. The summed E-state index contributed by atoms with van der Waals surface area (Å²) >= 11 is 11.8. The highest BCUT2D eigenvalue weighted by Crippen LogP contribution is 2.39. The fourth-order valence-electron chi connectivity index (χ4n) is 3.68. The lowest BCUT2D eigenvalue weighted by Crippen LogP contribution is -2.37. The number of likely N-dealkylation sites (tertiary alicyclic amines) is 1. The molecule has 1 aliphatic rings. The van der Waals surface area contributed by atoms with Gasteiger partial charge in [0.2, 0.25) is 0 Å². The van der Waals surface area contributed by atoms with Gasteiger partial charge in [0, 0.05) is 18.4 Å². The Morgan fingerprint density at radius 1 is 1.21 bits per heavy atom. The van der Waals surface area contributed by atoms with Gasteiger partial charge in [-0.05, 0) is 50.6 Å². The molecule has 2 heterocycles. The van der Waals surface area contributed by atoms with E-state index < -0.39 is 23.2 Å². The fourth-order valence-corrected chi connectivity index (χ4v) is 3.99. The van der Waals surface area contributed by atoms with Crippen molar-refractivity contribution in [2.45, 2.75) is 38.5 Å². The van der Waals surface area contributed by atoms with Crippen molar-refractivity contribution < 1.29 is 18.3 Å². The number of benzene rings is 2. The third-order valence-electron chi connectivity index (χ3n) is 5.31. The molecule has 1 amide bonds. The van der Waals surface area contributed by atoms with Crippen LogP contribution in [0.2, 0.25) is 10.0 Å². The first-order chi connectivity index (χ1) is 15.5. The summed E-state index contributed by atoms with van der Waals surface area (Å²) in [5.41, 5.74) is -1.45. The van der Waals surface area contributed by atoms with Crippen LogP contribution in [0.4, 0.5) is 25.1 Å². The number of amides is 1. The van der Waals surface area contributed by atoms with E-state index in [1.54, 1.807) is 39.0 Å². The molecule has 10 heteroatoms. The third kappa shape index (κ3) is 4.82. The molecule has 174 valence electrons. The molecule has 1 N–H and O–H groups in total. The van der Waals surface area contributed by atoms with Crippen molar-refractivity contribution >= 4 is 51.7 Å². The molecule has 1 saturated heterocycles. The molecule has 0 radical (unpaired) electrons. The predicted octanol–water partition coefficient (Wildman–Crippen LogP) is 6.62. The van der Waals surface area contributed by atoms with E-state index >= 15 is 4.39 Å². The first-order valence-electron chi connectivity index (χ1n) is 10.3. The Balaban J connectivity index is 1.65. The molecule has 33 heavy (non-hydrogen) atoms. The van der Waals surface area contributed by atoms with Gasteiger partial charge in [-0.1, -0.05) is 29.3 Å². The van der Waals surface area contributed by atoms with Crippen molar-refractivity contribution in [2.75, 3.05) is 18.4 Å². The van der Waals surface area contributed by atoms with Gasteiger partial charge < -0.3 is 15.0 Å². The van der Waals surface area contributed by atoms with Crippen LogP contribution in [0.15, 0.2) is 36.7 Å². The Bertz CT molecular complexity index is 1240. The zero-order chi connectivity index (χ0) is 24.0. The lowest BCUT2D eigenvalue weighted by molar-refractivity contribution is 0.0257. The van der Waals surface area contributed by atoms with E-state index in [4.69, 9.17) is 27.9 Å². The minimum atomic E-state index is -1.77. The number of fused-ring (bicyclic) bond motifs is 1. The summed E-state index contributed by atoms with van der Waals surface area (Å²) in [6.07, 6.45) is 0.893. The quantitative estimate of drug-likeness (QED) is 0.414. The average Bonchev–Trinajstić information content (AvgIpc) is 3.16. The molecule has 3 aromatic rings. The van der Waals surface area contributed by atoms with E-state index in [1.165, 1.54) is 23.4 Å². The van der Waals surface area contributed by atoms with Crippen LogP contribution < -0.4 is 5.32 Å². The fraction of sp³-hybridized carbons (Fsp3) is 0.348. The first-order valence-corrected chi connectivity index (χ1v) is 11.0. The molecule has 1 aromatic heterocycles. The lowest BCUT2D eigenvalue weighted by atomic mass is 9.93. The number of anilines is 2. The number of nitrogens with zero attached hydrogens (tertiary/aromatic N) is 3. The summed E-state index contributed by atoms with van der Waals surface area (Å²) in [6, 6.07) is 7.82. The van der Waals surface area contributed by atoms with Gasteiger partial charge >= 0.3 is 6.09 Å². The molecule has 0 spiro atoms. The molecule has 1 aliphatic heterocycles. The second kappa shape index (κ2) is 8.57. The molecule has 0 unspecified atom stereocenters. The number of hydrogen-bond acceptors (Lipinski definition) is 5. The van der Waals surface area contributed by atoms with Crippen LogP contribution in [0.1, 0.15) is 32.8 Å². The van der Waals surface area contributed by atoms with Gasteiger partial charge in [-0.2, -0.15) is 0 Å². The molecule has 0 saturated carbocycles. The number of carbonyl (C=O) groups is 1.